The van der Waals surface area contributed by atoms with Gasteiger partial charge < -0.3 is 9.67 Å². The normalized spacial score (nSPS) is 11.0. The fourth-order valence-corrected chi connectivity index (χ4v) is 2.49. The van der Waals surface area contributed by atoms with Gasteiger partial charge in [0, 0.05) is 6.54 Å². The standard InChI is InChI=1S/C17H16N2O2/c1-11-7-15-16(8-12(11)2)19(10-18-15)9-13-5-3-4-6-14(13)17(20)21/h3-8,10H,9H2,1-2H3,(H,20,21). The summed E-state index contributed by atoms with van der Waals surface area (Å²) in [6.45, 7) is 4.63. The van der Waals surface area contributed by atoms with E-state index in [1.54, 1.807) is 18.5 Å². The van der Waals surface area contributed by atoms with Gasteiger partial charge in [-0.2, -0.15) is 0 Å². The van der Waals surface area contributed by atoms with Gasteiger partial charge in [-0.05, 0) is 48.7 Å². The van der Waals surface area contributed by atoms with Crippen molar-refractivity contribution in [3.8, 4) is 0 Å². The zero-order valence-electron chi connectivity index (χ0n) is 12.0. The van der Waals surface area contributed by atoms with Crippen LogP contribution in [0.2, 0.25) is 0 Å². The summed E-state index contributed by atoms with van der Waals surface area (Å²) in [6, 6.07) is 11.2. The number of carbonyl (C=O) groups is 1. The molecule has 0 spiro atoms. The van der Waals surface area contributed by atoms with E-state index in [1.807, 2.05) is 16.7 Å². The van der Waals surface area contributed by atoms with Gasteiger partial charge in [0.15, 0.2) is 0 Å². The number of aromatic nitrogens is 2. The predicted molar refractivity (Wildman–Crippen MR) is 81.7 cm³/mol. The lowest BCUT2D eigenvalue weighted by Gasteiger charge is -2.09. The van der Waals surface area contributed by atoms with Crippen molar-refractivity contribution in [2.24, 2.45) is 0 Å². The van der Waals surface area contributed by atoms with Gasteiger partial charge in [-0.3, -0.25) is 0 Å². The van der Waals surface area contributed by atoms with Crippen LogP contribution in [0.1, 0.15) is 27.0 Å². The Bertz CT molecular complexity index is 834. The Morgan fingerprint density at radius 3 is 2.67 bits per heavy atom. The lowest BCUT2D eigenvalue weighted by Crippen LogP contribution is -2.06. The number of aryl methyl sites for hydroxylation is 2. The van der Waals surface area contributed by atoms with Crippen LogP contribution in [0.15, 0.2) is 42.7 Å². The number of nitrogens with zero attached hydrogens (tertiary/aromatic N) is 2. The number of rotatable bonds is 3. The van der Waals surface area contributed by atoms with Gasteiger partial charge >= 0.3 is 5.97 Å². The van der Waals surface area contributed by atoms with Crippen molar-refractivity contribution in [2.75, 3.05) is 0 Å². The monoisotopic (exact) mass is 280 g/mol. The first-order chi connectivity index (χ1) is 10.1. The minimum atomic E-state index is -0.901. The van der Waals surface area contributed by atoms with Crippen molar-refractivity contribution in [2.45, 2.75) is 20.4 Å². The molecular formula is C17H16N2O2. The lowest BCUT2D eigenvalue weighted by atomic mass is 10.1. The Morgan fingerprint density at radius 2 is 1.90 bits per heavy atom. The third kappa shape index (κ3) is 2.40. The molecule has 106 valence electrons. The Labute approximate surface area is 122 Å². The average Bonchev–Trinajstić information content (AvgIpc) is 2.82. The highest BCUT2D eigenvalue weighted by atomic mass is 16.4. The van der Waals surface area contributed by atoms with E-state index < -0.39 is 5.97 Å². The van der Waals surface area contributed by atoms with Crippen molar-refractivity contribution in [1.82, 2.24) is 9.55 Å². The number of hydrogen-bond donors (Lipinski definition) is 1. The van der Waals surface area contributed by atoms with Crippen molar-refractivity contribution in [3.05, 3.63) is 65.0 Å². The van der Waals surface area contributed by atoms with Crippen LogP contribution in [0.25, 0.3) is 11.0 Å². The molecule has 0 saturated heterocycles. The molecule has 4 nitrogen and oxygen atoms in total. The van der Waals surface area contributed by atoms with Crippen LogP contribution >= 0.6 is 0 Å². The van der Waals surface area contributed by atoms with Crippen LogP contribution in [0.3, 0.4) is 0 Å². The predicted octanol–water partition coefficient (Wildman–Crippen LogP) is 3.40. The molecule has 0 bridgehead atoms. The fraction of sp³-hybridized carbons (Fsp3) is 0.176. The molecule has 0 unspecified atom stereocenters. The number of imidazole rings is 1. The first-order valence-electron chi connectivity index (χ1n) is 6.79. The quantitative estimate of drug-likeness (QED) is 0.800. The Kier molecular flexibility index (Phi) is 3.22. The van der Waals surface area contributed by atoms with E-state index in [1.165, 1.54) is 11.1 Å². The van der Waals surface area contributed by atoms with Gasteiger partial charge in [-0.25, -0.2) is 9.78 Å². The molecule has 0 aliphatic rings. The second-order valence-corrected chi connectivity index (χ2v) is 5.26. The average molecular weight is 280 g/mol. The van der Waals surface area contributed by atoms with Crippen LogP contribution in [0.4, 0.5) is 0 Å². The highest BCUT2D eigenvalue weighted by molar-refractivity contribution is 5.89. The molecule has 21 heavy (non-hydrogen) atoms. The molecule has 1 aromatic heterocycles. The Balaban J connectivity index is 2.07. The number of carboxylic acids is 1. The number of carboxylic acid groups (broad SMARTS) is 1. The lowest BCUT2D eigenvalue weighted by molar-refractivity contribution is 0.0695. The largest absolute Gasteiger partial charge is 0.478 e. The maximum absolute atomic E-state index is 11.3. The van der Waals surface area contributed by atoms with Gasteiger partial charge in [0.2, 0.25) is 0 Å². The second-order valence-electron chi connectivity index (χ2n) is 5.26. The third-order valence-electron chi connectivity index (χ3n) is 3.82. The molecule has 0 atom stereocenters. The first kappa shape index (κ1) is 13.4. The van der Waals surface area contributed by atoms with E-state index >= 15 is 0 Å². The molecule has 1 heterocycles. The summed E-state index contributed by atoms with van der Waals surface area (Å²) in [7, 11) is 0. The van der Waals surface area contributed by atoms with Gasteiger partial charge in [0.25, 0.3) is 0 Å². The number of aromatic carboxylic acids is 1. The number of hydrogen-bond acceptors (Lipinski definition) is 2. The SMILES string of the molecule is Cc1cc2ncn(Cc3ccccc3C(=O)O)c2cc1C. The van der Waals surface area contributed by atoms with Crippen LogP contribution in [0, 0.1) is 13.8 Å². The van der Waals surface area contributed by atoms with Gasteiger partial charge in [0.05, 0.1) is 22.9 Å². The number of benzene rings is 2. The highest BCUT2D eigenvalue weighted by Crippen LogP contribution is 2.20. The van der Waals surface area contributed by atoms with E-state index in [9.17, 15) is 9.90 Å². The summed E-state index contributed by atoms with van der Waals surface area (Å²) in [4.78, 5) is 15.7. The minimum Gasteiger partial charge on any atom is -0.478 e. The second kappa shape index (κ2) is 5.05. The molecule has 3 rings (SSSR count). The molecule has 0 amide bonds. The van der Waals surface area contributed by atoms with Crippen LogP contribution in [-0.2, 0) is 6.54 Å². The van der Waals surface area contributed by atoms with Gasteiger partial charge in [0.1, 0.15) is 0 Å². The summed E-state index contributed by atoms with van der Waals surface area (Å²) in [5, 5.41) is 9.26. The molecule has 0 aliphatic carbocycles. The smallest absolute Gasteiger partial charge is 0.336 e. The molecule has 4 heteroatoms. The van der Waals surface area contributed by atoms with Crippen LogP contribution < -0.4 is 0 Å². The van der Waals surface area contributed by atoms with E-state index in [0.717, 1.165) is 16.6 Å². The van der Waals surface area contributed by atoms with E-state index in [-0.39, 0.29) is 0 Å². The van der Waals surface area contributed by atoms with E-state index in [4.69, 9.17) is 0 Å². The minimum absolute atomic E-state index is 0.336. The summed E-state index contributed by atoms with van der Waals surface area (Å²) >= 11 is 0. The molecule has 3 aromatic rings. The summed E-state index contributed by atoms with van der Waals surface area (Å²) in [5.41, 5.74) is 5.49. The van der Waals surface area contributed by atoms with Crippen molar-refractivity contribution >= 4 is 17.0 Å². The van der Waals surface area contributed by atoms with Crippen LogP contribution in [0.5, 0.6) is 0 Å². The van der Waals surface area contributed by atoms with Crippen LogP contribution in [-0.4, -0.2) is 20.6 Å². The molecule has 2 aromatic carbocycles. The zero-order valence-corrected chi connectivity index (χ0v) is 12.0. The van der Waals surface area contributed by atoms with Gasteiger partial charge in [-0.1, -0.05) is 18.2 Å². The first-order valence-corrected chi connectivity index (χ1v) is 6.79. The number of fused-ring (bicyclic) bond motifs is 1. The van der Waals surface area contributed by atoms with Crippen molar-refractivity contribution in [1.29, 1.82) is 0 Å². The van der Waals surface area contributed by atoms with E-state index in [0.29, 0.717) is 12.1 Å². The molecular weight excluding hydrogens is 264 g/mol. The molecule has 0 saturated carbocycles. The van der Waals surface area contributed by atoms with Gasteiger partial charge in [-0.15, -0.1) is 0 Å². The third-order valence-corrected chi connectivity index (χ3v) is 3.82. The summed E-state index contributed by atoms with van der Waals surface area (Å²) in [6.07, 6.45) is 1.77. The van der Waals surface area contributed by atoms with Crippen molar-refractivity contribution in [3.63, 3.8) is 0 Å². The zero-order chi connectivity index (χ0) is 15.0. The Hall–Kier alpha value is -2.62. The Morgan fingerprint density at radius 1 is 1.19 bits per heavy atom. The molecule has 0 radical (unpaired) electrons. The maximum Gasteiger partial charge on any atom is 0.336 e. The maximum atomic E-state index is 11.3. The topological polar surface area (TPSA) is 55.1 Å². The van der Waals surface area contributed by atoms with Crippen molar-refractivity contribution < 1.29 is 9.90 Å². The summed E-state index contributed by atoms with van der Waals surface area (Å²) < 4.78 is 1.99. The fourth-order valence-electron chi connectivity index (χ4n) is 2.49. The molecule has 0 aliphatic heterocycles. The molecule has 1 N–H and O–H groups in total. The highest BCUT2D eigenvalue weighted by Gasteiger charge is 2.11. The molecule has 0 fully saturated rings. The summed E-state index contributed by atoms with van der Waals surface area (Å²) in [5.74, 6) is -0.901. The van der Waals surface area contributed by atoms with E-state index in [2.05, 4.69) is 31.0 Å².